The molecule has 0 spiro atoms. The van der Waals surface area contributed by atoms with Gasteiger partial charge in [-0.15, -0.1) is 0 Å². The number of amides is 1. The van der Waals surface area contributed by atoms with Gasteiger partial charge in [0, 0.05) is 61.5 Å². The van der Waals surface area contributed by atoms with E-state index >= 15 is 0 Å². The molecule has 1 saturated heterocycles. The third kappa shape index (κ3) is 5.78. The van der Waals surface area contributed by atoms with Crippen molar-refractivity contribution in [1.29, 1.82) is 0 Å². The molecule has 9 nitrogen and oxygen atoms in total. The summed E-state index contributed by atoms with van der Waals surface area (Å²) in [5.41, 5.74) is 3.06. The van der Waals surface area contributed by atoms with Crippen LogP contribution in [0.1, 0.15) is 31.5 Å². The summed E-state index contributed by atoms with van der Waals surface area (Å²) in [6.45, 7) is 11.8. The third-order valence-corrected chi connectivity index (χ3v) is 7.74. The maximum atomic E-state index is 12.1. The average Bonchev–Trinajstić information content (AvgIpc) is 2.95. The van der Waals surface area contributed by atoms with Gasteiger partial charge in [0.25, 0.3) is 0 Å². The van der Waals surface area contributed by atoms with Crippen molar-refractivity contribution in [2.24, 2.45) is 0 Å². The van der Waals surface area contributed by atoms with E-state index in [4.69, 9.17) is 14.7 Å². The highest BCUT2D eigenvalue weighted by Gasteiger charge is 2.29. The lowest BCUT2D eigenvalue weighted by Crippen LogP contribution is -2.49. The van der Waals surface area contributed by atoms with Gasteiger partial charge in [-0.25, -0.2) is 0 Å². The van der Waals surface area contributed by atoms with Crippen LogP contribution < -0.4 is 19.9 Å². The summed E-state index contributed by atoms with van der Waals surface area (Å²) in [7, 11) is 1.95. The minimum absolute atomic E-state index is 0.0372. The number of nitrogens with one attached hydrogen (secondary N) is 1. The molecule has 0 radical (unpaired) electrons. The summed E-state index contributed by atoms with van der Waals surface area (Å²) in [5.74, 6) is 1.11. The van der Waals surface area contributed by atoms with E-state index in [0.717, 1.165) is 52.9 Å². The van der Waals surface area contributed by atoms with Crippen LogP contribution in [0.2, 0.25) is 0 Å². The predicted octanol–water partition coefficient (Wildman–Crippen LogP) is 3.50. The minimum Gasteiger partial charge on any atom is -0.508 e. The van der Waals surface area contributed by atoms with Crippen LogP contribution in [0.3, 0.4) is 0 Å². The van der Waals surface area contributed by atoms with E-state index in [1.165, 1.54) is 6.08 Å². The molecular weight excluding hydrogens is 492 g/mol. The Hall–Kier alpha value is -3.85. The van der Waals surface area contributed by atoms with Crippen molar-refractivity contribution in [2.75, 3.05) is 49.6 Å². The highest BCUT2D eigenvalue weighted by Crippen LogP contribution is 2.36. The van der Waals surface area contributed by atoms with Crippen molar-refractivity contribution in [3.63, 3.8) is 0 Å². The Morgan fingerprint density at radius 2 is 1.90 bits per heavy atom. The molecule has 2 aromatic carbocycles. The van der Waals surface area contributed by atoms with Crippen LogP contribution in [0, 0.1) is 0 Å². The van der Waals surface area contributed by atoms with E-state index in [9.17, 15) is 9.90 Å². The number of phenolic OH excluding ortho intramolecular Hbond substituents is 1. The topological polar surface area (TPSA) is 94.1 Å². The Labute approximate surface area is 230 Å². The second-order valence-corrected chi connectivity index (χ2v) is 10.5. The molecule has 1 unspecified atom stereocenters. The summed E-state index contributed by atoms with van der Waals surface area (Å²) in [4.78, 5) is 28.3. The molecule has 1 aromatic heterocycles. The van der Waals surface area contributed by atoms with E-state index in [-0.39, 0.29) is 17.8 Å². The summed E-state index contributed by atoms with van der Waals surface area (Å²) in [6, 6.07) is 12.4. The number of carbonyl (C=O) groups is 1. The van der Waals surface area contributed by atoms with Crippen LogP contribution in [0.15, 0.2) is 49.1 Å². The lowest BCUT2D eigenvalue weighted by molar-refractivity contribution is -0.126. The number of anilines is 2. The molecule has 2 aliphatic heterocycles. The average molecular weight is 531 g/mol. The zero-order valence-electron chi connectivity index (χ0n) is 23.1. The molecule has 2 atom stereocenters. The number of aromatic nitrogens is 2. The third-order valence-electron chi connectivity index (χ3n) is 7.74. The van der Waals surface area contributed by atoms with E-state index in [0.29, 0.717) is 44.8 Å². The van der Waals surface area contributed by atoms with E-state index in [1.54, 1.807) is 6.07 Å². The molecule has 1 fully saturated rings. The number of fused-ring (bicyclic) bond motifs is 2. The van der Waals surface area contributed by atoms with Gasteiger partial charge in [0.2, 0.25) is 5.91 Å². The van der Waals surface area contributed by atoms with Crippen molar-refractivity contribution in [3.8, 4) is 11.8 Å². The molecule has 2 N–H and O–H groups in total. The van der Waals surface area contributed by atoms with Crippen LogP contribution in [-0.4, -0.2) is 77.8 Å². The number of hydrogen-bond acceptors (Lipinski definition) is 8. The quantitative estimate of drug-likeness (QED) is 0.428. The Morgan fingerprint density at radius 1 is 1.13 bits per heavy atom. The normalized spacial score (nSPS) is 17.1. The van der Waals surface area contributed by atoms with Gasteiger partial charge in [-0.1, -0.05) is 30.8 Å². The van der Waals surface area contributed by atoms with Gasteiger partial charge in [0.1, 0.15) is 17.7 Å². The van der Waals surface area contributed by atoms with E-state index in [1.807, 2.05) is 43.1 Å². The summed E-state index contributed by atoms with van der Waals surface area (Å²) < 4.78 is 6.27. The van der Waals surface area contributed by atoms with Gasteiger partial charge >= 0.3 is 6.01 Å². The maximum absolute atomic E-state index is 12.1. The molecule has 0 bridgehead atoms. The Kier molecular flexibility index (Phi) is 7.88. The molecule has 5 rings (SSSR count). The highest BCUT2D eigenvalue weighted by molar-refractivity contribution is 5.95. The fourth-order valence-electron chi connectivity index (χ4n) is 5.56. The van der Waals surface area contributed by atoms with Gasteiger partial charge in [-0.3, -0.25) is 4.79 Å². The van der Waals surface area contributed by atoms with Crippen LogP contribution in [-0.2, 0) is 17.8 Å². The Bertz CT molecular complexity index is 1350. The second kappa shape index (κ2) is 11.5. The fraction of sp³-hybridized carbons (Fsp3) is 0.433. The van der Waals surface area contributed by atoms with Crippen molar-refractivity contribution < 1.29 is 14.6 Å². The zero-order chi connectivity index (χ0) is 27.5. The van der Waals surface area contributed by atoms with Crippen molar-refractivity contribution in [3.05, 3.63) is 60.3 Å². The Balaban J connectivity index is 1.47. The first-order chi connectivity index (χ1) is 18.9. The lowest BCUT2D eigenvalue weighted by atomic mass is 10.0. The SMILES string of the molecule is C=CC(=O)N1CCN(c2nc(O[C@H](C)CC(C)NC)nc3c2CCN(c2cc(O)cc4ccccc24)C3)CC1. The molecule has 206 valence electrons. The number of benzene rings is 2. The molecule has 9 heteroatoms. The molecule has 1 amide bonds. The molecule has 0 saturated carbocycles. The fourth-order valence-corrected chi connectivity index (χ4v) is 5.56. The number of carbonyl (C=O) groups excluding carboxylic acids is 1. The first-order valence-electron chi connectivity index (χ1n) is 13.7. The number of piperazine rings is 1. The number of phenols is 1. The van der Waals surface area contributed by atoms with Crippen molar-refractivity contribution >= 4 is 28.2 Å². The first kappa shape index (κ1) is 26.7. The lowest BCUT2D eigenvalue weighted by Gasteiger charge is -2.38. The number of hydrogen-bond donors (Lipinski definition) is 2. The van der Waals surface area contributed by atoms with Gasteiger partial charge < -0.3 is 29.9 Å². The summed E-state index contributed by atoms with van der Waals surface area (Å²) >= 11 is 0. The molecule has 3 aromatic rings. The van der Waals surface area contributed by atoms with Gasteiger partial charge in [0.15, 0.2) is 0 Å². The van der Waals surface area contributed by atoms with Gasteiger partial charge in [-0.2, -0.15) is 9.97 Å². The van der Waals surface area contributed by atoms with E-state index in [2.05, 4.69) is 34.7 Å². The van der Waals surface area contributed by atoms with E-state index < -0.39 is 0 Å². The van der Waals surface area contributed by atoms with Crippen LogP contribution in [0.25, 0.3) is 10.8 Å². The molecule has 2 aliphatic rings. The van der Waals surface area contributed by atoms with Crippen LogP contribution in [0.4, 0.5) is 11.5 Å². The number of aromatic hydroxyl groups is 1. The van der Waals surface area contributed by atoms with Crippen LogP contribution >= 0.6 is 0 Å². The summed E-state index contributed by atoms with van der Waals surface area (Å²) in [5, 5.41) is 15.8. The minimum atomic E-state index is -0.0601. The number of rotatable bonds is 8. The number of nitrogens with zero attached hydrogens (tertiary/aromatic N) is 5. The molecule has 39 heavy (non-hydrogen) atoms. The molecule has 0 aliphatic carbocycles. The maximum Gasteiger partial charge on any atom is 0.318 e. The van der Waals surface area contributed by atoms with Crippen molar-refractivity contribution in [2.45, 2.75) is 45.4 Å². The first-order valence-corrected chi connectivity index (χ1v) is 13.7. The summed E-state index contributed by atoms with van der Waals surface area (Å²) in [6.07, 6.45) is 2.92. The molecule has 3 heterocycles. The zero-order valence-corrected chi connectivity index (χ0v) is 23.1. The predicted molar refractivity (Wildman–Crippen MR) is 155 cm³/mol. The molecular formula is C30H38N6O3. The highest BCUT2D eigenvalue weighted by atomic mass is 16.5. The smallest absolute Gasteiger partial charge is 0.318 e. The van der Waals surface area contributed by atoms with Gasteiger partial charge in [-0.05, 0) is 51.3 Å². The van der Waals surface area contributed by atoms with Crippen molar-refractivity contribution in [1.82, 2.24) is 20.2 Å². The second-order valence-electron chi connectivity index (χ2n) is 10.5. The standard InChI is InChI=1S/C30H38N6O3/c1-5-28(38)34-12-14-35(15-13-34)29-25-10-11-36(27-18-23(37)17-22-8-6-7-9-24(22)27)19-26(25)32-30(33-29)39-21(3)16-20(2)31-4/h5-9,17-18,20-21,31,37H,1,10-16,19H2,2-4H3/t20?,21-/m1/s1. The number of ether oxygens (including phenoxy) is 1. The van der Waals surface area contributed by atoms with Gasteiger partial charge in [0.05, 0.1) is 12.2 Å². The largest absolute Gasteiger partial charge is 0.508 e. The van der Waals surface area contributed by atoms with Crippen LogP contribution in [0.5, 0.6) is 11.8 Å². The monoisotopic (exact) mass is 530 g/mol. The Morgan fingerprint density at radius 3 is 2.64 bits per heavy atom.